The summed E-state index contributed by atoms with van der Waals surface area (Å²) >= 11 is 2.53. The van der Waals surface area contributed by atoms with E-state index >= 15 is 0 Å². The first-order valence-corrected chi connectivity index (χ1v) is 10.0. The molecule has 2 rings (SSSR count). The molecule has 0 unspecified atom stereocenters. The zero-order valence-corrected chi connectivity index (χ0v) is 16.6. The maximum absolute atomic E-state index is 12.0. The standard InChI is InChI=1S/C17H22N4O3S2/c1-4-24-13-7-5-12(6-8-13)18-15(23)10-25-17-21-20-16(26-17)19-14(22)9-11(2)3/h5-8,11H,4,9-10H2,1-3H3,(H,18,23)(H,19,20,22). The average Bonchev–Trinajstić information content (AvgIpc) is 3.01. The lowest BCUT2D eigenvalue weighted by Gasteiger charge is -2.06. The van der Waals surface area contributed by atoms with Crippen molar-refractivity contribution >= 4 is 45.7 Å². The van der Waals surface area contributed by atoms with Crippen LogP contribution in [0.25, 0.3) is 0 Å². The molecule has 1 aromatic carbocycles. The number of nitrogens with zero attached hydrogens (tertiary/aromatic N) is 2. The summed E-state index contributed by atoms with van der Waals surface area (Å²) in [6, 6.07) is 7.20. The Morgan fingerprint density at radius 1 is 1.15 bits per heavy atom. The predicted molar refractivity (Wildman–Crippen MR) is 105 cm³/mol. The van der Waals surface area contributed by atoms with Crippen molar-refractivity contribution in [1.29, 1.82) is 0 Å². The van der Waals surface area contributed by atoms with Crippen LogP contribution in [0.3, 0.4) is 0 Å². The SMILES string of the molecule is CCOc1ccc(NC(=O)CSc2nnc(NC(=O)CC(C)C)s2)cc1. The van der Waals surface area contributed by atoms with Gasteiger partial charge in [-0.2, -0.15) is 0 Å². The van der Waals surface area contributed by atoms with Gasteiger partial charge in [0, 0.05) is 12.1 Å². The van der Waals surface area contributed by atoms with Crippen molar-refractivity contribution in [2.24, 2.45) is 5.92 Å². The summed E-state index contributed by atoms with van der Waals surface area (Å²) in [7, 11) is 0. The van der Waals surface area contributed by atoms with Crippen molar-refractivity contribution in [2.45, 2.75) is 31.5 Å². The second-order valence-electron chi connectivity index (χ2n) is 5.81. The Morgan fingerprint density at radius 2 is 1.88 bits per heavy atom. The van der Waals surface area contributed by atoms with Crippen LogP contribution in [0.4, 0.5) is 10.8 Å². The maximum Gasteiger partial charge on any atom is 0.234 e. The van der Waals surface area contributed by atoms with E-state index in [0.717, 1.165) is 5.75 Å². The Balaban J connectivity index is 1.77. The molecular weight excluding hydrogens is 372 g/mol. The van der Waals surface area contributed by atoms with Gasteiger partial charge in [0.05, 0.1) is 12.4 Å². The van der Waals surface area contributed by atoms with Crippen LogP contribution < -0.4 is 15.4 Å². The molecule has 0 aliphatic heterocycles. The van der Waals surface area contributed by atoms with Crippen LogP contribution in [-0.2, 0) is 9.59 Å². The van der Waals surface area contributed by atoms with Gasteiger partial charge in [0.2, 0.25) is 16.9 Å². The lowest BCUT2D eigenvalue weighted by Crippen LogP contribution is -2.13. The molecule has 2 N–H and O–H groups in total. The van der Waals surface area contributed by atoms with E-state index in [0.29, 0.717) is 28.2 Å². The number of carbonyl (C=O) groups is 2. The Labute approximate surface area is 160 Å². The molecule has 0 bridgehead atoms. The fourth-order valence-electron chi connectivity index (χ4n) is 1.99. The Morgan fingerprint density at radius 3 is 2.54 bits per heavy atom. The molecule has 0 atom stereocenters. The second-order valence-corrected chi connectivity index (χ2v) is 8.01. The highest BCUT2D eigenvalue weighted by molar-refractivity contribution is 8.01. The van der Waals surface area contributed by atoms with Gasteiger partial charge in [-0.3, -0.25) is 9.59 Å². The van der Waals surface area contributed by atoms with Crippen LogP contribution in [0.5, 0.6) is 5.75 Å². The Kier molecular flexibility index (Phi) is 7.86. The quantitative estimate of drug-likeness (QED) is 0.498. The van der Waals surface area contributed by atoms with Gasteiger partial charge in [-0.15, -0.1) is 10.2 Å². The van der Waals surface area contributed by atoms with Gasteiger partial charge < -0.3 is 15.4 Å². The van der Waals surface area contributed by atoms with Gasteiger partial charge in [0.25, 0.3) is 0 Å². The van der Waals surface area contributed by atoms with Crippen molar-refractivity contribution in [3.8, 4) is 5.75 Å². The largest absolute Gasteiger partial charge is 0.494 e. The van der Waals surface area contributed by atoms with Crippen molar-refractivity contribution in [3.63, 3.8) is 0 Å². The first-order chi connectivity index (χ1) is 12.5. The molecule has 2 amide bonds. The summed E-state index contributed by atoms with van der Waals surface area (Å²) in [4.78, 5) is 23.7. The molecular formula is C17H22N4O3S2. The van der Waals surface area contributed by atoms with E-state index in [4.69, 9.17) is 4.74 Å². The van der Waals surface area contributed by atoms with E-state index in [1.165, 1.54) is 23.1 Å². The van der Waals surface area contributed by atoms with Crippen LogP contribution in [0, 0.1) is 5.92 Å². The number of aromatic nitrogens is 2. The summed E-state index contributed by atoms with van der Waals surface area (Å²) in [6.07, 6.45) is 0.437. The summed E-state index contributed by atoms with van der Waals surface area (Å²) in [6.45, 7) is 6.47. The van der Waals surface area contributed by atoms with Crippen molar-refractivity contribution < 1.29 is 14.3 Å². The van der Waals surface area contributed by atoms with E-state index in [9.17, 15) is 9.59 Å². The highest BCUT2D eigenvalue weighted by Crippen LogP contribution is 2.26. The van der Waals surface area contributed by atoms with Gasteiger partial charge in [-0.1, -0.05) is 36.9 Å². The third-order valence-electron chi connectivity index (χ3n) is 3.02. The number of rotatable bonds is 9. The van der Waals surface area contributed by atoms with Crippen LogP contribution in [0.1, 0.15) is 27.2 Å². The van der Waals surface area contributed by atoms with Gasteiger partial charge in [0.1, 0.15) is 5.75 Å². The molecule has 1 heterocycles. The number of thioether (sulfide) groups is 1. The minimum Gasteiger partial charge on any atom is -0.494 e. The first-order valence-electron chi connectivity index (χ1n) is 8.25. The third kappa shape index (κ3) is 7.01. The molecule has 0 fully saturated rings. The topological polar surface area (TPSA) is 93.2 Å². The summed E-state index contributed by atoms with van der Waals surface area (Å²) in [5.41, 5.74) is 0.706. The predicted octanol–water partition coefficient (Wildman–Crippen LogP) is 3.65. The number of nitrogens with one attached hydrogen (secondary N) is 2. The lowest BCUT2D eigenvalue weighted by atomic mass is 10.1. The molecule has 140 valence electrons. The number of ether oxygens (including phenoxy) is 1. The zero-order chi connectivity index (χ0) is 18.9. The van der Waals surface area contributed by atoms with E-state index in [2.05, 4.69) is 20.8 Å². The van der Waals surface area contributed by atoms with Crippen molar-refractivity contribution in [2.75, 3.05) is 23.0 Å². The van der Waals surface area contributed by atoms with Crippen molar-refractivity contribution in [3.05, 3.63) is 24.3 Å². The Hall–Kier alpha value is -2.13. The molecule has 0 aliphatic rings. The molecule has 2 aromatic rings. The smallest absolute Gasteiger partial charge is 0.234 e. The molecule has 0 saturated heterocycles. The van der Waals surface area contributed by atoms with E-state index in [-0.39, 0.29) is 23.5 Å². The highest BCUT2D eigenvalue weighted by atomic mass is 32.2. The van der Waals surface area contributed by atoms with Crippen LogP contribution in [0.2, 0.25) is 0 Å². The van der Waals surface area contributed by atoms with Gasteiger partial charge >= 0.3 is 0 Å². The summed E-state index contributed by atoms with van der Waals surface area (Å²) < 4.78 is 5.99. The minimum absolute atomic E-state index is 0.0825. The van der Waals surface area contributed by atoms with Gasteiger partial charge in [0.15, 0.2) is 4.34 Å². The number of hydrogen-bond donors (Lipinski definition) is 2. The number of carbonyl (C=O) groups excluding carboxylic acids is 2. The number of benzene rings is 1. The van der Waals surface area contributed by atoms with Crippen molar-refractivity contribution in [1.82, 2.24) is 10.2 Å². The normalized spacial score (nSPS) is 10.6. The number of hydrogen-bond acceptors (Lipinski definition) is 7. The number of amides is 2. The summed E-state index contributed by atoms with van der Waals surface area (Å²) in [5.74, 6) is 1.03. The monoisotopic (exact) mass is 394 g/mol. The first kappa shape index (κ1) is 20.2. The molecule has 7 nitrogen and oxygen atoms in total. The highest BCUT2D eigenvalue weighted by Gasteiger charge is 2.11. The van der Waals surface area contributed by atoms with Crippen LogP contribution in [-0.4, -0.2) is 34.4 Å². The minimum atomic E-state index is -0.139. The van der Waals surface area contributed by atoms with Gasteiger partial charge in [-0.05, 0) is 37.1 Å². The molecule has 0 radical (unpaired) electrons. The second kappa shape index (κ2) is 10.1. The van der Waals surface area contributed by atoms with E-state index in [1.54, 1.807) is 12.1 Å². The van der Waals surface area contributed by atoms with Crippen LogP contribution >= 0.6 is 23.1 Å². The maximum atomic E-state index is 12.0. The van der Waals surface area contributed by atoms with E-state index in [1.807, 2.05) is 32.9 Å². The zero-order valence-electron chi connectivity index (χ0n) is 14.9. The molecule has 26 heavy (non-hydrogen) atoms. The third-order valence-corrected chi connectivity index (χ3v) is 4.99. The molecule has 9 heteroatoms. The fraction of sp³-hybridized carbons (Fsp3) is 0.412. The molecule has 0 aliphatic carbocycles. The lowest BCUT2D eigenvalue weighted by molar-refractivity contribution is -0.117. The number of anilines is 2. The molecule has 0 spiro atoms. The molecule has 0 saturated carbocycles. The van der Waals surface area contributed by atoms with Crippen LogP contribution in [0.15, 0.2) is 28.6 Å². The van der Waals surface area contributed by atoms with Gasteiger partial charge in [-0.25, -0.2) is 0 Å². The average molecular weight is 395 g/mol. The molecule has 1 aromatic heterocycles. The Bertz CT molecular complexity index is 732. The van der Waals surface area contributed by atoms with E-state index < -0.39 is 0 Å². The summed E-state index contributed by atoms with van der Waals surface area (Å²) in [5, 5.41) is 13.9. The fourth-order valence-corrected chi connectivity index (χ4v) is 3.55.